The van der Waals surface area contributed by atoms with Crippen molar-refractivity contribution in [2.45, 2.75) is 50.8 Å². The molecule has 10 nitrogen and oxygen atoms in total. The van der Waals surface area contributed by atoms with Crippen molar-refractivity contribution in [1.29, 1.82) is 5.26 Å². The summed E-state index contributed by atoms with van der Waals surface area (Å²) < 4.78 is 5.59. The zero-order valence-electron chi connectivity index (χ0n) is 24.9. The Morgan fingerprint density at radius 1 is 0.977 bits per heavy atom. The summed E-state index contributed by atoms with van der Waals surface area (Å²) in [4.78, 5) is 52.7. The Hall–Kier alpha value is -5.04. The molecule has 0 radical (unpaired) electrons. The van der Waals surface area contributed by atoms with Gasteiger partial charge in [0.2, 0.25) is 0 Å². The molecular formula is C34H34N6O4. The number of ether oxygens (including phenoxy) is 1. The summed E-state index contributed by atoms with van der Waals surface area (Å²) in [6.45, 7) is 6.48. The Balaban J connectivity index is 1.34. The molecule has 1 aliphatic carbocycles. The first kappa shape index (κ1) is 29.1. The molecule has 2 aromatic heterocycles. The van der Waals surface area contributed by atoms with Gasteiger partial charge in [0.1, 0.15) is 17.0 Å². The molecule has 1 saturated carbocycles. The first-order valence-corrected chi connectivity index (χ1v) is 14.7. The molecule has 6 rings (SSSR count). The number of hydrogen-bond donors (Lipinski definition) is 1. The van der Waals surface area contributed by atoms with Gasteiger partial charge in [-0.15, -0.1) is 0 Å². The summed E-state index contributed by atoms with van der Waals surface area (Å²) in [6.07, 6.45) is 8.69. The number of ketones is 1. The minimum Gasteiger partial charge on any atom is -0.444 e. The van der Waals surface area contributed by atoms with Crippen LogP contribution in [-0.4, -0.2) is 67.8 Å². The number of pyridine rings is 2. The van der Waals surface area contributed by atoms with Crippen LogP contribution in [0.2, 0.25) is 0 Å². The van der Waals surface area contributed by atoms with Gasteiger partial charge in [-0.25, -0.2) is 4.79 Å². The number of aromatic nitrogens is 2. The third-order valence-corrected chi connectivity index (χ3v) is 8.43. The van der Waals surface area contributed by atoms with Crippen LogP contribution in [-0.2, 0) is 22.4 Å². The average molecular weight is 591 g/mol. The number of nitriles is 1. The van der Waals surface area contributed by atoms with E-state index in [0.29, 0.717) is 42.9 Å². The molecule has 2 amide bonds. The molecule has 3 fully saturated rings. The van der Waals surface area contributed by atoms with Crippen LogP contribution in [0.5, 0.6) is 0 Å². The summed E-state index contributed by atoms with van der Waals surface area (Å²) >= 11 is 0. The van der Waals surface area contributed by atoms with E-state index < -0.39 is 11.1 Å². The van der Waals surface area contributed by atoms with E-state index in [0.717, 1.165) is 11.1 Å². The Morgan fingerprint density at radius 3 is 2.02 bits per heavy atom. The third kappa shape index (κ3) is 5.78. The lowest BCUT2D eigenvalue weighted by atomic mass is 9.85. The van der Waals surface area contributed by atoms with Crippen molar-refractivity contribution in [2.75, 3.05) is 13.1 Å². The minimum atomic E-state index is -1.07. The molecule has 4 heterocycles. The summed E-state index contributed by atoms with van der Waals surface area (Å²) in [7, 11) is 0. The Labute approximate surface area is 256 Å². The number of likely N-dealkylation sites (tertiary alicyclic amines) is 1. The third-order valence-electron chi connectivity index (χ3n) is 8.43. The molecular weight excluding hydrogens is 556 g/mol. The van der Waals surface area contributed by atoms with Crippen molar-refractivity contribution in [1.82, 2.24) is 25.1 Å². The molecule has 1 unspecified atom stereocenters. The maximum Gasteiger partial charge on any atom is 0.410 e. The highest BCUT2D eigenvalue weighted by atomic mass is 16.6. The van der Waals surface area contributed by atoms with Gasteiger partial charge in [-0.05, 0) is 80.4 Å². The predicted octanol–water partition coefficient (Wildman–Crippen LogP) is 3.89. The minimum absolute atomic E-state index is 0.0688. The van der Waals surface area contributed by atoms with Crippen LogP contribution in [0.3, 0.4) is 0 Å². The SMILES string of the molecule is CC(C)(C)OC(=O)N1C[C@@H]2C(N3C(=O)C(Cc4ccncc4)(Cc4ccncc4)N/C3=C\C(=O)c3ccc(C#N)cc3)[C@@H]2C1. The van der Waals surface area contributed by atoms with Crippen molar-refractivity contribution in [3.63, 3.8) is 0 Å². The van der Waals surface area contributed by atoms with E-state index in [-0.39, 0.29) is 35.7 Å². The second kappa shape index (κ2) is 11.2. The van der Waals surface area contributed by atoms with Gasteiger partial charge < -0.3 is 15.0 Å². The standard InChI is InChI=1S/C34H34N6O4/c1-33(2,3)44-32(43)39-20-26-27(21-39)30(26)40-29(16-28(41)25-6-4-24(19-35)5-7-25)38-34(31(40)42,17-22-8-12-36-13-9-22)18-23-10-14-37-15-11-23/h4-16,26-27,30,38H,17-18,20-21H2,1-3H3/b29-16+/t26-,27+,30?. The van der Waals surface area contributed by atoms with Crippen LogP contribution in [0.4, 0.5) is 4.79 Å². The van der Waals surface area contributed by atoms with Gasteiger partial charge in [-0.3, -0.25) is 24.5 Å². The average Bonchev–Trinajstić information content (AvgIpc) is 3.33. The summed E-state index contributed by atoms with van der Waals surface area (Å²) in [5, 5.41) is 12.7. The van der Waals surface area contributed by atoms with Crippen molar-refractivity contribution in [2.24, 2.45) is 11.8 Å². The lowest BCUT2D eigenvalue weighted by Crippen LogP contribution is -2.51. The van der Waals surface area contributed by atoms with Gasteiger partial charge in [-0.2, -0.15) is 5.26 Å². The van der Waals surface area contributed by atoms with Crippen LogP contribution in [0.15, 0.2) is 85.2 Å². The van der Waals surface area contributed by atoms with E-state index in [9.17, 15) is 19.6 Å². The first-order chi connectivity index (χ1) is 21.1. The molecule has 2 saturated heterocycles. The van der Waals surface area contributed by atoms with Crippen LogP contribution < -0.4 is 5.32 Å². The summed E-state index contributed by atoms with van der Waals surface area (Å²) in [6, 6.07) is 15.9. The number of amides is 2. The summed E-state index contributed by atoms with van der Waals surface area (Å²) in [5.41, 5.74) is 1.07. The maximum absolute atomic E-state index is 14.7. The lowest BCUT2D eigenvalue weighted by molar-refractivity contribution is -0.132. The number of carbonyl (C=O) groups is 3. The fourth-order valence-electron chi connectivity index (χ4n) is 6.37. The van der Waals surface area contributed by atoms with Gasteiger partial charge in [0, 0.05) is 80.2 Å². The number of nitrogens with one attached hydrogen (secondary N) is 1. The molecule has 3 aromatic rings. The highest BCUT2D eigenvalue weighted by molar-refractivity contribution is 6.06. The second-order valence-corrected chi connectivity index (χ2v) is 12.7. The Kier molecular flexibility index (Phi) is 7.41. The largest absolute Gasteiger partial charge is 0.444 e. The van der Waals surface area contributed by atoms with Crippen LogP contribution in [0.1, 0.15) is 47.8 Å². The first-order valence-electron chi connectivity index (χ1n) is 14.7. The normalized spacial score (nSPS) is 22.7. The molecule has 44 heavy (non-hydrogen) atoms. The number of piperidine rings is 1. The lowest BCUT2D eigenvalue weighted by Gasteiger charge is -2.29. The fourth-order valence-corrected chi connectivity index (χ4v) is 6.37. The molecule has 0 bridgehead atoms. The number of rotatable bonds is 7. The highest BCUT2D eigenvalue weighted by Gasteiger charge is 2.65. The van der Waals surface area contributed by atoms with Crippen LogP contribution in [0, 0.1) is 23.2 Å². The second-order valence-electron chi connectivity index (χ2n) is 12.7. The van der Waals surface area contributed by atoms with Crippen molar-refractivity contribution < 1.29 is 19.1 Å². The molecule has 2 aliphatic heterocycles. The highest BCUT2D eigenvalue weighted by Crippen LogP contribution is 2.52. The number of nitrogens with zero attached hydrogens (tertiary/aromatic N) is 5. The monoisotopic (exact) mass is 590 g/mol. The molecule has 3 aliphatic rings. The molecule has 224 valence electrons. The van der Waals surface area contributed by atoms with E-state index in [4.69, 9.17) is 4.74 Å². The van der Waals surface area contributed by atoms with Gasteiger partial charge >= 0.3 is 6.09 Å². The number of carbonyl (C=O) groups excluding carboxylic acids is 3. The van der Waals surface area contributed by atoms with Crippen LogP contribution in [0.25, 0.3) is 0 Å². The van der Waals surface area contributed by atoms with Crippen molar-refractivity contribution >= 4 is 17.8 Å². The Bertz CT molecular complexity index is 1590. The number of benzene rings is 1. The predicted molar refractivity (Wildman–Crippen MR) is 161 cm³/mol. The van der Waals surface area contributed by atoms with Crippen LogP contribution >= 0.6 is 0 Å². The molecule has 1 aromatic carbocycles. The Morgan fingerprint density at radius 2 is 1.52 bits per heavy atom. The maximum atomic E-state index is 14.7. The van der Waals surface area contributed by atoms with E-state index in [1.807, 2.05) is 45.0 Å². The van der Waals surface area contributed by atoms with Gasteiger partial charge in [0.25, 0.3) is 5.91 Å². The van der Waals surface area contributed by atoms with E-state index in [2.05, 4.69) is 21.4 Å². The van der Waals surface area contributed by atoms with Gasteiger partial charge in [0.05, 0.1) is 11.6 Å². The smallest absolute Gasteiger partial charge is 0.410 e. The van der Waals surface area contributed by atoms with E-state index in [1.54, 1.807) is 58.9 Å². The van der Waals surface area contributed by atoms with Gasteiger partial charge in [-0.1, -0.05) is 0 Å². The zero-order chi connectivity index (χ0) is 31.1. The number of hydrogen-bond acceptors (Lipinski definition) is 8. The molecule has 1 N–H and O–H groups in total. The molecule has 3 atom stereocenters. The molecule has 10 heteroatoms. The summed E-state index contributed by atoms with van der Waals surface area (Å²) in [5.74, 6) is 0.183. The fraction of sp³-hybridized carbons (Fsp3) is 0.353. The van der Waals surface area contributed by atoms with E-state index >= 15 is 0 Å². The number of allylic oxidation sites excluding steroid dienone is 1. The van der Waals surface area contributed by atoms with Crippen molar-refractivity contribution in [3.05, 3.63) is 107 Å². The quantitative estimate of drug-likeness (QED) is 0.324. The molecule has 0 spiro atoms. The number of fused-ring (bicyclic) bond motifs is 1. The zero-order valence-corrected chi connectivity index (χ0v) is 24.9. The topological polar surface area (TPSA) is 129 Å². The van der Waals surface area contributed by atoms with E-state index in [1.165, 1.54) is 6.08 Å². The van der Waals surface area contributed by atoms with Crippen molar-refractivity contribution in [3.8, 4) is 6.07 Å². The van der Waals surface area contributed by atoms with Gasteiger partial charge in [0.15, 0.2) is 5.78 Å².